The number of rotatable bonds is 1. The van der Waals surface area contributed by atoms with Crippen molar-refractivity contribution in [3.05, 3.63) is 62.2 Å². The van der Waals surface area contributed by atoms with Crippen molar-refractivity contribution in [1.29, 1.82) is 0 Å². The summed E-state index contributed by atoms with van der Waals surface area (Å²) in [6.45, 7) is 14.0. The van der Waals surface area contributed by atoms with E-state index in [2.05, 4.69) is 26.3 Å². The van der Waals surface area contributed by atoms with Crippen LogP contribution in [0.3, 0.4) is 0 Å². The predicted octanol–water partition coefficient (Wildman–Crippen LogP) is 3.31. The molecule has 1 rings (SSSR count). The minimum Gasteiger partial charge on any atom is -0.324 e. The number of hydrogen-bond acceptors (Lipinski definition) is 1. The molecular weight excluding hydrogens is 158 g/mol. The number of nitrogens with two attached hydrogens (primary N) is 1. The van der Waals surface area contributed by atoms with Gasteiger partial charge < -0.3 is 5.73 Å². The third-order valence-corrected chi connectivity index (χ3v) is 1.33. The highest BCUT2D eigenvalue weighted by molar-refractivity contribution is 5.17. The van der Waals surface area contributed by atoms with E-state index in [1.54, 1.807) is 0 Å². The summed E-state index contributed by atoms with van der Waals surface area (Å²) < 4.78 is 0. The molecule has 1 atom stereocenters. The van der Waals surface area contributed by atoms with Crippen molar-refractivity contribution in [3.63, 3.8) is 0 Å². The van der Waals surface area contributed by atoms with E-state index in [-0.39, 0.29) is 6.04 Å². The molecule has 1 nitrogen and oxygen atoms in total. The van der Waals surface area contributed by atoms with Crippen molar-refractivity contribution in [2.75, 3.05) is 0 Å². The number of benzene rings is 1. The highest BCUT2D eigenvalue weighted by Crippen LogP contribution is 2.06. The Morgan fingerprint density at radius 2 is 1.38 bits per heavy atom. The Hall–Kier alpha value is -1.34. The summed E-state index contributed by atoms with van der Waals surface area (Å²) in [7, 11) is 0. The molecule has 0 aliphatic heterocycles. The van der Waals surface area contributed by atoms with E-state index >= 15 is 0 Å². The fourth-order valence-corrected chi connectivity index (χ4v) is 0.757. The predicted molar refractivity (Wildman–Crippen MR) is 61.6 cm³/mol. The third-order valence-electron chi connectivity index (χ3n) is 1.33. The van der Waals surface area contributed by atoms with Gasteiger partial charge in [-0.15, -0.1) is 26.3 Å². The van der Waals surface area contributed by atoms with Crippen LogP contribution < -0.4 is 5.73 Å². The fraction of sp³-hybridized carbons (Fsp3) is 0.167. The highest BCUT2D eigenvalue weighted by atomic mass is 14.6. The van der Waals surface area contributed by atoms with E-state index in [4.69, 9.17) is 5.73 Å². The van der Waals surface area contributed by atoms with Crippen molar-refractivity contribution in [2.24, 2.45) is 5.73 Å². The van der Waals surface area contributed by atoms with Gasteiger partial charge in [0.2, 0.25) is 0 Å². The summed E-state index contributed by atoms with van der Waals surface area (Å²) in [4.78, 5) is 0. The SMILES string of the molecule is C=C.C=C.CC(N)c1ccccc1. The smallest absolute Gasteiger partial charge is 0.0266 e. The monoisotopic (exact) mass is 177 g/mol. The molecule has 13 heavy (non-hydrogen) atoms. The molecule has 2 N–H and O–H groups in total. The van der Waals surface area contributed by atoms with Gasteiger partial charge >= 0.3 is 0 Å². The maximum atomic E-state index is 5.61. The first-order valence-electron chi connectivity index (χ1n) is 4.11. The average Bonchev–Trinajstić information content (AvgIpc) is 2.25. The van der Waals surface area contributed by atoms with Gasteiger partial charge in [-0.05, 0) is 12.5 Å². The van der Waals surface area contributed by atoms with Crippen LogP contribution in [0.15, 0.2) is 56.6 Å². The van der Waals surface area contributed by atoms with Crippen LogP contribution in [0.25, 0.3) is 0 Å². The van der Waals surface area contributed by atoms with Gasteiger partial charge in [-0.3, -0.25) is 0 Å². The van der Waals surface area contributed by atoms with Crippen LogP contribution in [0.4, 0.5) is 0 Å². The molecule has 1 aromatic rings. The first-order chi connectivity index (χ1) is 6.30. The van der Waals surface area contributed by atoms with Crippen molar-refractivity contribution in [1.82, 2.24) is 0 Å². The van der Waals surface area contributed by atoms with Gasteiger partial charge in [-0.25, -0.2) is 0 Å². The van der Waals surface area contributed by atoms with E-state index < -0.39 is 0 Å². The Kier molecular flexibility index (Phi) is 11.6. The second-order valence-electron chi connectivity index (χ2n) is 2.20. The molecule has 1 aromatic carbocycles. The zero-order valence-electron chi connectivity index (χ0n) is 8.37. The van der Waals surface area contributed by atoms with Crippen LogP contribution in [0, 0.1) is 0 Å². The quantitative estimate of drug-likeness (QED) is 0.654. The summed E-state index contributed by atoms with van der Waals surface area (Å²) >= 11 is 0. The lowest BCUT2D eigenvalue weighted by Crippen LogP contribution is -2.03. The van der Waals surface area contributed by atoms with E-state index in [1.165, 1.54) is 5.56 Å². The largest absolute Gasteiger partial charge is 0.324 e. The lowest BCUT2D eigenvalue weighted by Gasteiger charge is -2.02. The van der Waals surface area contributed by atoms with Crippen molar-refractivity contribution < 1.29 is 0 Å². The lowest BCUT2D eigenvalue weighted by atomic mass is 10.1. The van der Waals surface area contributed by atoms with E-state index in [0.29, 0.717) is 0 Å². The molecule has 0 aliphatic rings. The fourth-order valence-electron chi connectivity index (χ4n) is 0.757. The Morgan fingerprint density at radius 3 is 1.62 bits per heavy atom. The second-order valence-corrected chi connectivity index (χ2v) is 2.20. The van der Waals surface area contributed by atoms with E-state index in [0.717, 1.165) is 0 Å². The zero-order chi connectivity index (χ0) is 10.7. The summed E-state index contributed by atoms with van der Waals surface area (Å²) in [6.07, 6.45) is 0. The molecule has 0 aromatic heterocycles. The van der Waals surface area contributed by atoms with Crippen LogP contribution in [-0.2, 0) is 0 Å². The van der Waals surface area contributed by atoms with Crippen molar-refractivity contribution in [2.45, 2.75) is 13.0 Å². The van der Waals surface area contributed by atoms with Crippen LogP contribution in [0.5, 0.6) is 0 Å². The van der Waals surface area contributed by atoms with Gasteiger partial charge in [-0.1, -0.05) is 30.3 Å². The molecule has 0 bridgehead atoms. The molecule has 0 amide bonds. The lowest BCUT2D eigenvalue weighted by molar-refractivity contribution is 0.818. The summed E-state index contributed by atoms with van der Waals surface area (Å²) in [5.41, 5.74) is 6.81. The maximum absolute atomic E-state index is 5.61. The molecule has 0 saturated heterocycles. The Morgan fingerprint density at radius 1 is 1.00 bits per heavy atom. The highest BCUT2D eigenvalue weighted by Gasteiger charge is 1.93. The minimum absolute atomic E-state index is 0.159. The maximum Gasteiger partial charge on any atom is 0.0266 e. The summed E-state index contributed by atoms with van der Waals surface area (Å²) in [6, 6.07) is 10.2. The van der Waals surface area contributed by atoms with Crippen molar-refractivity contribution in [3.8, 4) is 0 Å². The van der Waals surface area contributed by atoms with Crippen LogP contribution in [0.2, 0.25) is 0 Å². The molecule has 1 heteroatoms. The van der Waals surface area contributed by atoms with E-state index in [9.17, 15) is 0 Å². The molecule has 0 fully saturated rings. The molecule has 0 spiro atoms. The normalized spacial score (nSPS) is 9.69. The van der Waals surface area contributed by atoms with Gasteiger partial charge in [0.05, 0.1) is 0 Å². The van der Waals surface area contributed by atoms with Gasteiger partial charge in [0.25, 0.3) is 0 Å². The van der Waals surface area contributed by atoms with Crippen molar-refractivity contribution >= 4 is 0 Å². The molecule has 72 valence electrons. The molecule has 0 saturated carbocycles. The topological polar surface area (TPSA) is 26.0 Å². The molecule has 0 radical (unpaired) electrons. The molecule has 0 heterocycles. The second kappa shape index (κ2) is 10.7. The Balaban J connectivity index is 0. The van der Waals surface area contributed by atoms with Crippen LogP contribution in [0.1, 0.15) is 18.5 Å². The zero-order valence-corrected chi connectivity index (χ0v) is 8.37. The van der Waals surface area contributed by atoms with Gasteiger partial charge in [0.15, 0.2) is 0 Å². The summed E-state index contributed by atoms with van der Waals surface area (Å²) in [5.74, 6) is 0. The van der Waals surface area contributed by atoms with Crippen LogP contribution in [-0.4, -0.2) is 0 Å². The molecule has 0 aliphatic carbocycles. The Labute approximate surface area is 81.6 Å². The minimum atomic E-state index is 0.159. The van der Waals surface area contributed by atoms with Gasteiger partial charge in [0.1, 0.15) is 0 Å². The average molecular weight is 177 g/mol. The number of hydrogen-bond donors (Lipinski definition) is 1. The van der Waals surface area contributed by atoms with Gasteiger partial charge in [-0.2, -0.15) is 0 Å². The third kappa shape index (κ3) is 7.04. The standard InChI is InChI=1S/C8H11N.2C2H4/c1-7(9)8-5-3-2-4-6-8;2*1-2/h2-7H,9H2,1H3;2*1-2H2. The Bertz CT molecular complexity index is 190. The summed E-state index contributed by atoms with van der Waals surface area (Å²) in [5, 5.41) is 0. The van der Waals surface area contributed by atoms with Crippen LogP contribution >= 0.6 is 0 Å². The van der Waals surface area contributed by atoms with Gasteiger partial charge in [0, 0.05) is 6.04 Å². The first-order valence-corrected chi connectivity index (χ1v) is 4.11. The molecular formula is C12H19N. The van der Waals surface area contributed by atoms with E-state index in [1.807, 2.05) is 37.3 Å². The molecule has 1 unspecified atom stereocenters. The first kappa shape index (κ1) is 14.2.